The van der Waals surface area contributed by atoms with Crippen LogP contribution in [-0.4, -0.2) is 47.1 Å². The van der Waals surface area contributed by atoms with Crippen molar-refractivity contribution in [3.8, 4) is 0 Å². The van der Waals surface area contributed by atoms with Crippen LogP contribution in [0.15, 0.2) is 60.8 Å². The predicted molar refractivity (Wildman–Crippen MR) is 100.0 cm³/mol. The van der Waals surface area contributed by atoms with Gasteiger partial charge in [-0.25, -0.2) is 4.79 Å². The number of benzene rings is 2. The molecule has 0 aliphatic rings. The third-order valence-electron chi connectivity index (χ3n) is 4.01. The Morgan fingerprint density at radius 2 is 1.81 bits per heavy atom. The van der Waals surface area contributed by atoms with Crippen LogP contribution < -0.4 is 0 Å². The first-order chi connectivity index (χ1) is 13.1. The van der Waals surface area contributed by atoms with Gasteiger partial charge in [0.15, 0.2) is 0 Å². The number of hydrogen-bond acceptors (Lipinski definition) is 5. The van der Waals surface area contributed by atoms with Crippen molar-refractivity contribution in [2.75, 3.05) is 20.4 Å². The molecule has 0 fully saturated rings. The molecule has 1 amide bonds. The molecule has 0 bridgehead atoms. The van der Waals surface area contributed by atoms with E-state index in [-0.39, 0.29) is 25.7 Å². The van der Waals surface area contributed by atoms with Crippen LogP contribution in [0, 0.1) is 0 Å². The number of aromatic nitrogens is 2. The third-order valence-corrected chi connectivity index (χ3v) is 4.01. The van der Waals surface area contributed by atoms with Crippen LogP contribution in [0.1, 0.15) is 12.0 Å². The molecule has 1 heterocycles. The summed E-state index contributed by atoms with van der Waals surface area (Å²) in [6.07, 6.45) is 1.07. The number of carbonyl (C=O) groups is 2. The SMILES string of the molecule is CN(COCc1ccccc1)C(=O)CCOC(=O)n1ncc2ccccc21. The minimum absolute atomic E-state index is 0.0190. The van der Waals surface area contributed by atoms with Gasteiger partial charge in [0.25, 0.3) is 0 Å². The summed E-state index contributed by atoms with van der Waals surface area (Å²) in [6, 6.07) is 17.1. The molecule has 140 valence electrons. The largest absolute Gasteiger partial charge is 0.447 e. The van der Waals surface area contributed by atoms with Gasteiger partial charge in [-0.05, 0) is 11.6 Å². The molecule has 3 rings (SSSR count). The zero-order chi connectivity index (χ0) is 19.1. The van der Waals surface area contributed by atoms with Crippen LogP contribution >= 0.6 is 0 Å². The summed E-state index contributed by atoms with van der Waals surface area (Å²) in [5.41, 5.74) is 1.71. The fourth-order valence-electron chi connectivity index (χ4n) is 2.54. The number of ether oxygens (including phenoxy) is 2. The number of hydrogen-bond donors (Lipinski definition) is 0. The molecule has 0 atom stereocenters. The van der Waals surface area contributed by atoms with Crippen molar-refractivity contribution in [1.29, 1.82) is 0 Å². The molecule has 0 aliphatic heterocycles. The molecule has 0 radical (unpaired) electrons. The standard InChI is InChI=1S/C20H21N3O4/c1-22(15-26-14-16-7-3-2-4-8-16)19(24)11-12-27-20(25)23-18-10-6-5-9-17(18)13-21-23/h2-10,13H,11-12,14-15H2,1H3. The highest BCUT2D eigenvalue weighted by atomic mass is 16.6. The van der Waals surface area contributed by atoms with E-state index in [0.29, 0.717) is 12.1 Å². The number of fused-ring (bicyclic) bond motifs is 1. The predicted octanol–water partition coefficient (Wildman–Crippen LogP) is 3.04. The minimum Gasteiger partial charge on any atom is -0.447 e. The Hall–Kier alpha value is -3.19. The van der Waals surface area contributed by atoms with Gasteiger partial charge in [-0.1, -0.05) is 48.5 Å². The maximum Gasteiger partial charge on any atom is 0.435 e. The third kappa shape index (κ3) is 4.92. The Kier molecular flexibility index (Phi) is 6.17. The number of carbonyl (C=O) groups excluding carboxylic acids is 2. The second-order valence-electron chi connectivity index (χ2n) is 6.03. The summed E-state index contributed by atoms with van der Waals surface area (Å²) in [5, 5.41) is 4.87. The molecule has 0 saturated carbocycles. The van der Waals surface area contributed by atoms with E-state index in [1.165, 1.54) is 9.58 Å². The van der Waals surface area contributed by atoms with Crippen molar-refractivity contribution in [2.24, 2.45) is 0 Å². The molecular weight excluding hydrogens is 346 g/mol. The number of rotatable bonds is 7. The number of amides is 1. The fourth-order valence-corrected chi connectivity index (χ4v) is 2.54. The van der Waals surface area contributed by atoms with Crippen molar-refractivity contribution < 1.29 is 19.1 Å². The zero-order valence-corrected chi connectivity index (χ0v) is 15.1. The first-order valence-corrected chi connectivity index (χ1v) is 8.60. The van der Waals surface area contributed by atoms with E-state index in [2.05, 4.69) is 5.10 Å². The first-order valence-electron chi connectivity index (χ1n) is 8.60. The number of para-hydroxylation sites is 1. The average molecular weight is 367 g/mol. The molecule has 0 unspecified atom stereocenters. The van der Waals surface area contributed by atoms with Gasteiger partial charge in [0, 0.05) is 12.4 Å². The molecule has 7 heteroatoms. The molecule has 27 heavy (non-hydrogen) atoms. The molecule has 0 saturated heterocycles. The zero-order valence-electron chi connectivity index (χ0n) is 15.1. The monoisotopic (exact) mass is 367 g/mol. The van der Waals surface area contributed by atoms with Crippen molar-refractivity contribution in [3.63, 3.8) is 0 Å². The lowest BCUT2D eigenvalue weighted by Gasteiger charge is -2.17. The van der Waals surface area contributed by atoms with Gasteiger partial charge < -0.3 is 14.4 Å². The van der Waals surface area contributed by atoms with E-state index >= 15 is 0 Å². The van der Waals surface area contributed by atoms with Gasteiger partial charge in [-0.2, -0.15) is 9.78 Å². The van der Waals surface area contributed by atoms with Gasteiger partial charge in [-0.3, -0.25) is 4.79 Å². The highest BCUT2D eigenvalue weighted by molar-refractivity contribution is 5.87. The van der Waals surface area contributed by atoms with E-state index in [0.717, 1.165) is 10.9 Å². The van der Waals surface area contributed by atoms with E-state index in [1.54, 1.807) is 19.3 Å². The Morgan fingerprint density at radius 1 is 1.07 bits per heavy atom. The van der Waals surface area contributed by atoms with Gasteiger partial charge in [0.05, 0.1) is 24.7 Å². The van der Waals surface area contributed by atoms with E-state index in [4.69, 9.17) is 9.47 Å². The highest BCUT2D eigenvalue weighted by Crippen LogP contribution is 2.12. The summed E-state index contributed by atoms with van der Waals surface area (Å²) >= 11 is 0. The maximum atomic E-state index is 12.1. The number of nitrogens with zero attached hydrogens (tertiary/aromatic N) is 3. The van der Waals surface area contributed by atoms with Gasteiger partial charge in [0.1, 0.15) is 13.3 Å². The quantitative estimate of drug-likeness (QED) is 0.600. The normalized spacial score (nSPS) is 10.7. The first kappa shape index (κ1) is 18.6. The lowest BCUT2D eigenvalue weighted by molar-refractivity contribution is -0.136. The molecule has 0 spiro atoms. The second kappa shape index (κ2) is 8.95. The Balaban J connectivity index is 1.40. The summed E-state index contributed by atoms with van der Waals surface area (Å²) in [4.78, 5) is 25.7. The van der Waals surface area contributed by atoms with Crippen LogP contribution in [0.5, 0.6) is 0 Å². The van der Waals surface area contributed by atoms with Crippen molar-refractivity contribution in [1.82, 2.24) is 14.7 Å². The van der Waals surface area contributed by atoms with Gasteiger partial charge >= 0.3 is 6.09 Å². The average Bonchev–Trinajstić information content (AvgIpc) is 3.13. The van der Waals surface area contributed by atoms with Gasteiger partial charge in [-0.15, -0.1) is 0 Å². The van der Waals surface area contributed by atoms with E-state index < -0.39 is 6.09 Å². The minimum atomic E-state index is -0.605. The smallest absolute Gasteiger partial charge is 0.435 e. The van der Waals surface area contributed by atoms with Crippen LogP contribution in [-0.2, 0) is 20.9 Å². The van der Waals surface area contributed by atoms with Crippen molar-refractivity contribution >= 4 is 22.9 Å². The topological polar surface area (TPSA) is 73.7 Å². The van der Waals surface area contributed by atoms with Crippen LogP contribution in [0.4, 0.5) is 4.79 Å². The molecule has 1 aromatic heterocycles. The maximum absolute atomic E-state index is 12.1. The van der Waals surface area contributed by atoms with Gasteiger partial charge in [0.2, 0.25) is 5.91 Å². The second-order valence-corrected chi connectivity index (χ2v) is 6.03. The van der Waals surface area contributed by atoms with E-state index in [1.807, 2.05) is 48.5 Å². The van der Waals surface area contributed by atoms with Crippen molar-refractivity contribution in [3.05, 3.63) is 66.4 Å². The lowest BCUT2D eigenvalue weighted by Crippen LogP contribution is -2.30. The molecule has 2 aromatic carbocycles. The van der Waals surface area contributed by atoms with Crippen LogP contribution in [0.25, 0.3) is 10.9 Å². The molecule has 3 aromatic rings. The van der Waals surface area contributed by atoms with E-state index in [9.17, 15) is 9.59 Å². The summed E-state index contributed by atoms with van der Waals surface area (Å²) < 4.78 is 11.9. The van der Waals surface area contributed by atoms with Crippen LogP contribution in [0.2, 0.25) is 0 Å². The molecule has 0 aliphatic carbocycles. The summed E-state index contributed by atoms with van der Waals surface area (Å²) in [6.45, 7) is 0.583. The molecule has 7 nitrogen and oxygen atoms in total. The Bertz CT molecular complexity index is 908. The molecule has 0 N–H and O–H groups in total. The summed E-state index contributed by atoms with van der Waals surface area (Å²) in [5.74, 6) is -0.166. The molecular formula is C20H21N3O4. The Morgan fingerprint density at radius 3 is 2.63 bits per heavy atom. The Labute approximate surface area is 157 Å². The lowest BCUT2D eigenvalue weighted by atomic mass is 10.2. The van der Waals surface area contributed by atoms with Crippen molar-refractivity contribution in [2.45, 2.75) is 13.0 Å². The fraction of sp³-hybridized carbons (Fsp3) is 0.250. The summed E-state index contributed by atoms with van der Waals surface area (Å²) in [7, 11) is 1.65. The highest BCUT2D eigenvalue weighted by Gasteiger charge is 2.14. The van der Waals surface area contributed by atoms with Crippen LogP contribution in [0.3, 0.4) is 0 Å².